The first kappa shape index (κ1) is 11.1. The first-order chi connectivity index (χ1) is 7.51. The van der Waals surface area contributed by atoms with Crippen LogP contribution in [0, 0.1) is 0 Å². The van der Waals surface area contributed by atoms with Crippen LogP contribution in [0.25, 0.3) is 0 Å². The van der Waals surface area contributed by atoms with E-state index in [9.17, 15) is 13.2 Å². The monoisotopic (exact) mass is 240 g/mol. The van der Waals surface area contributed by atoms with E-state index >= 15 is 0 Å². The Morgan fingerprint density at radius 3 is 2.12 bits per heavy atom. The van der Waals surface area contributed by atoms with Crippen LogP contribution in [0.4, 0.5) is 0 Å². The molecule has 0 aromatic heterocycles. The third kappa shape index (κ3) is 1.82. The summed E-state index contributed by atoms with van der Waals surface area (Å²) in [5.41, 5.74) is 0.104. The van der Waals surface area contributed by atoms with Gasteiger partial charge < -0.3 is 5.11 Å². The lowest BCUT2D eigenvalue weighted by Gasteiger charge is -2.25. The fraction of sp³-hybridized carbons (Fsp3) is 0.364. The zero-order valence-corrected chi connectivity index (χ0v) is 9.40. The summed E-state index contributed by atoms with van der Waals surface area (Å²) >= 11 is 0. The van der Waals surface area contributed by atoms with Crippen LogP contribution in [0.2, 0.25) is 0 Å². The molecule has 86 valence electrons. The molecule has 1 aromatic rings. The normalized spacial score (nSPS) is 16.8. The van der Waals surface area contributed by atoms with Crippen LogP contribution in [0.5, 0.6) is 0 Å². The Balaban J connectivity index is 2.31. The first-order valence-electron chi connectivity index (χ1n) is 5.09. The molecule has 1 aromatic carbocycles. The summed E-state index contributed by atoms with van der Waals surface area (Å²) in [6.07, 6.45) is 2.38. The quantitative estimate of drug-likeness (QED) is 0.873. The fourth-order valence-corrected chi connectivity index (χ4v) is 3.52. The molecule has 1 N–H and O–H groups in total. The van der Waals surface area contributed by atoms with Crippen molar-refractivity contribution in [1.82, 2.24) is 0 Å². The van der Waals surface area contributed by atoms with Crippen molar-refractivity contribution in [2.24, 2.45) is 0 Å². The molecule has 0 radical (unpaired) electrons. The molecule has 0 unspecified atom stereocenters. The van der Waals surface area contributed by atoms with Gasteiger partial charge in [0.2, 0.25) is 0 Å². The molecular weight excluding hydrogens is 228 g/mol. The smallest absolute Gasteiger partial charge is 0.335 e. The van der Waals surface area contributed by atoms with Crippen LogP contribution in [0.15, 0.2) is 29.2 Å². The number of hydrogen-bond acceptors (Lipinski definition) is 3. The highest BCUT2D eigenvalue weighted by atomic mass is 32.2. The Hall–Kier alpha value is -1.36. The Morgan fingerprint density at radius 1 is 1.19 bits per heavy atom. The number of carbonyl (C=O) groups is 1. The topological polar surface area (TPSA) is 71.4 Å². The average Bonchev–Trinajstić information content (AvgIpc) is 2.14. The zero-order valence-electron chi connectivity index (χ0n) is 8.59. The van der Waals surface area contributed by atoms with Gasteiger partial charge in [-0.2, -0.15) is 0 Å². The minimum Gasteiger partial charge on any atom is -0.478 e. The van der Waals surface area contributed by atoms with Crippen molar-refractivity contribution in [2.45, 2.75) is 29.4 Å². The van der Waals surface area contributed by atoms with E-state index < -0.39 is 15.8 Å². The minimum absolute atomic E-state index is 0.104. The van der Waals surface area contributed by atoms with Crippen LogP contribution in [0.1, 0.15) is 29.6 Å². The molecule has 1 aliphatic carbocycles. The Labute approximate surface area is 93.8 Å². The van der Waals surface area contributed by atoms with E-state index in [0.717, 1.165) is 6.42 Å². The maximum atomic E-state index is 11.9. The lowest BCUT2D eigenvalue weighted by Crippen LogP contribution is -2.28. The maximum absolute atomic E-state index is 11.9. The molecule has 0 aliphatic heterocycles. The summed E-state index contributed by atoms with van der Waals surface area (Å²) in [5.74, 6) is -1.05. The maximum Gasteiger partial charge on any atom is 0.335 e. The number of sulfone groups is 1. The molecule has 1 saturated carbocycles. The van der Waals surface area contributed by atoms with Gasteiger partial charge in [-0.1, -0.05) is 6.42 Å². The highest BCUT2D eigenvalue weighted by molar-refractivity contribution is 7.92. The third-order valence-electron chi connectivity index (χ3n) is 2.92. The fourth-order valence-electron chi connectivity index (χ4n) is 1.66. The molecule has 0 atom stereocenters. The van der Waals surface area contributed by atoms with Gasteiger partial charge in [-0.3, -0.25) is 0 Å². The summed E-state index contributed by atoms with van der Waals surface area (Å²) in [6.45, 7) is 0. The Morgan fingerprint density at radius 2 is 1.75 bits per heavy atom. The van der Waals surface area contributed by atoms with Crippen molar-refractivity contribution in [3.63, 3.8) is 0 Å². The predicted octanol–water partition coefficient (Wildman–Crippen LogP) is 1.71. The molecule has 1 aliphatic rings. The van der Waals surface area contributed by atoms with E-state index in [1.807, 2.05) is 0 Å². The molecule has 1 fully saturated rings. The molecule has 0 amide bonds. The summed E-state index contributed by atoms with van der Waals surface area (Å²) in [4.78, 5) is 10.8. The molecule has 0 saturated heterocycles. The number of carboxylic acid groups (broad SMARTS) is 1. The van der Waals surface area contributed by atoms with Crippen molar-refractivity contribution in [3.8, 4) is 0 Å². The van der Waals surface area contributed by atoms with E-state index in [1.165, 1.54) is 24.3 Å². The number of aromatic carboxylic acids is 1. The van der Waals surface area contributed by atoms with Crippen LogP contribution >= 0.6 is 0 Å². The summed E-state index contributed by atoms with van der Waals surface area (Å²) < 4.78 is 23.9. The second kappa shape index (κ2) is 3.90. The Bertz CT molecular complexity index is 497. The van der Waals surface area contributed by atoms with Crippen LogP contribution in [0.3, 0.4) is 0 Å². The summed E-state index contributed by atoms with van der Waals surface area (Å²) in [6, 6.07) is 5.40. The van der Waals surface area contributed by atoms with Gasteiger partial charge in [0.1, 0.15) is 0 Å². The molecule has 16 heavy (non-hydrogen) atoms. The average molecular weight is 240 g/mol. The van der Waals surface area contributed by atoms with E-state index in [0.29, 0.717) is 12.8 Å². The van der Waals surface area contributed by atoms with E-state index in [4.69, 9.17) is 5.11 Å². The molecule has 0 heterocycles. The lowest BCUT2D eigenvalue weighted by molar-refractivity contribution is 0.0697. The van der Waals surface area contributed by atoms with Gasteiger partial charge in [-0.05, 0) is 37.1 Å². The van der Waals surface area contributed by atoms with Gasteiger partial charge in [-0.15, -0.1) is 0 Å². The van der Waals surface area contributed by atoms with Crippen LogP contribution in [-0.2, 0) is 9.84 Å². The van der Waals surface area contributed by atoms with Gasteiger partial charge in [0.05, 0.1) is 15.7 Å². The van der Waals surface area contributed by atoms with Gasteiger partial charge in [0.25, 0.3) is 0 Å². The number of benzene rings is 1. The molecule has 0 spiro atoms. The summed E-state index contributed by atoms with van der Waals surface area (Å²) in [7, 11) is -3.24. The van der Waals surface area contributed by atoms with Crippen LogP contribution < -0.4 is 0 Å². The summed E-state index contributed by atoms with van der Waals surface area (Å²) in [5, 5.41) is 8.42. The molecule has 5 heteroatoms. The van der Waals surface area contributed by atoms with E-state index in [1.54, 1.807) is 0 Å². The van der Waals surface area contributed by atoms with Gasteiger partial charge in [-0.25, -0.2) is 13.2 Å². The van der Waals surface area contributed by atoms with Crippen LogP contribution in [-0.4, -0.2) is 24.7 Å². The van der Waals surface area contributed by atoms with Gasteiger partial charge in [0, 0.05) is 0 Å². The standard InChI is InChI=1S/C11H12O4S/c12-11(13)8-4-6-10(7-5-8)16(14,15)9-2-1-3-9/h4-7,9H,1-3H2,(H,12,13). The van der Waals surface area contributed by atoms with Crippen molar-refractivity contribution in [3.05, 3.63) is 29.8 Å². The number of carboxylic acids is 1. The third-order valence-corrected chi connectivity index (χ3v) is 5.20. The van der Waals surface area contributed by atoms with Crippen molar-refractivity contribution in [1.29, 1.82) is 0 Å². The lowest BCUT2D eigenvalue weighted by atomic mass is 10.00. The predicted molar refractivity (Wildman–Crippen MR) is 58.2 cm³/mol. The largest absolute Gasteiger partial charge is 0.478 e. The number of hydrogen-bond donors (Lipinski definition) is 1. The molecular formula is C11H12O4S. The van der Waals surface area contributed by atoms with Gasteiger partial charge >= 0.3 is 5.97 Å². The van der Waals surface area contributed by atoms with Crippen molar-refractivity contribution < 1.29 is 18.3 Å². The second-order valence-corrected chi connectivity index (χ2v) is 6.16. The van der Waals surface area contributed by atoms with E-state index in [-0.39, 0.29) is 15.7 Å². The highest BCUT2D eigenvalue weighted by Crippen LogP contribution is 2.30. The van der Waals surface area contributed by atoms with E-state index in [2.05, 4.69) is 0 Å². The Kier molecular flexibility index (Phi) is 2.71. The second-order valence-electron chi connectivity index (χ2n) is 3.93. The van der Waals surface area contributed by atoms with Gasteiger partial charge in [0.15, 0.2) is 9.84 Å². The minimum atomic E-state index is -3.24. The highest BCUT2D eigenvalue weighted by Gasteiger charge is 2.32. The molecule has 0 bridgehead atoms. The molecule has 4 nitrogen and oxygen atoms in total. The first-order valence-corrected chi connectivity index (χ1v) is 6.64. The SMILES string of the molecule is O=C(O)c1ccc(S(=O)(=O)C2CCC2)cc1. The zero-order chi connectivity index (χ0) is 11.8. The van der Waals surface area contributed by atoms with Crippen molar-refractivity contribution >= 4 is 15.8 Å². The number of rotatable bonds is 3. The molecule has 2 rings (SSSR count). The van der Waals surface area contributed by atoms with Crippen molar-refractivity contribution in [2.75, 3.05) is 0 Å².